The first-order valence-electron chi connectivity index (χ1n) is 9.70. The number of rotatable bonds is 7. The van der Waals surface area contributed by atoms with Crippen LogP contribution in [0.3, 0.4) is 0 Å². The van der Waals surface area contributed by atoms with Crippen molar-refractivity contribution in [3.63, 3.8) is 0 Å². The SMILES string of the molecule is CCOC(=O)C1(CC(=O)c2ccc(Br)cc2)CCN(Cc2ccccc2)CC1=O. The van der Waals surface area contributed by atoms with Crippen molar-refractivity contribution < 1.29 is 19.1 Å². The second kappa shape index (κ2) is 9.46. The lowest BCUT2D eigenvalue weighted by atomic mass is 9.72. The lowest BCUT2D eigenvalue weighted by Gasteiger charge is -2.38. The number of ether oxygens (including phenoxy) is 1. The largest absolute Gasteiger partial charge is 0.465 e. The van der Waals surface area contributed by atoms with E-state index in [1.165, 1.54) is 0 Å². The Morgan fingerprint density at radius 2 is 1.79 bits per heavy atom. The molecule has 0 spiro atoms. The minimum Gasteiger partial charge on any atom is -0.465 e. The molecule has 0 bridgehead atoms. The second-order valence-corrected chi connectivity index (χ2v) is 8.19. The highest BCUT2D eigenvalue weighted by Gasteiger charge is 2.51. The van der Waals surface area contributed by atoms with Gasteiger partial charge in [-0.2, -0.15) is 0 Å². The van der Waals surface area contributed by atoms with Gasteiger partial charge >= 0.3 is 5.97 Å². The Morgan fingerprint density at radius 1 is 1.10 bits per heavy atom. The molecule has 1 unspecified atom stereocenters. The normalized spacial score (nSPS) is 19.7. The van der Waals surface area contributed by atoms with Gasteiger partial charge in [0.15, 0.2) is 11.6 Å². The Morgan fingerprint density at radius 3 is 2.41 bits per heavy atom. The summed E-state index contributed by atoms with van der Waals surface area (Å²) in [6, 6.07) is 16.8. The molecule has 0 saturated carbocycles. The highest BCUT2D eigenvalue weighted by Crippen LogP contribution is 2.36. The first kappa shape index (κ1) is 21.4. The summed E-state index contributed by atoms with van der Waals surface area (Å²) in [5.74, 6) is -1.06. The number of nitrogens with zero attached hydrogens (tertiary/aromatic N) is 1. The fourth-order valence-corrected chi connectivity index (χ4v) is 3.92. The van der Waals surface area contributed by atoms with Crippen LogP contribution in [0, 0.1) is 5.41 Å². The summed E-state index contributed by atoms with van der Waals surface area (Å²) in [4.78, 5) is 40.8. The lowest BCUT2D eigenvalue weighted by molar-refractivity contribution is -0.163. The molecule has 1 aliphatic rings. The number of esters is 1. The monoisotopic (exact) mass is 457 g/mol. The van der Waals surface area contributed by atoms with Crippen LogP contribution in [-0.4, -0.2) is 42.1 Å². The first-order chi connectivity index (χ1) is 13.9. The van der Waals surface area contributed by atoms with Crippen LogP contribution in [0.1, 0.15) is 35.7 Å². The molecule has 1 fully saturated rings. The van der Waals surface area contributed by atoms with Crippen LogP contribution < -0.4 is 0 Å². The Hall–Kier alpha value is -2.31. The topological polar surface area (TPSA) is 63.7 Å². The van der Waals surface area contributed by atoms with Crippen molar-refractivity contribution in [2.75, 3.05) is 19.7 Å². The number of likely N-dealkylation sites (tertiary alicyclic amines) is 1. The molecule has 0 aliphatic carbocycles. The van der Waals surface area contributed by atoms with E-state index in [1.807, 2.05) is 35.2 Å². The number of halogens is 1. The highest BCUT2D eigenvalue weighted by molar-refractivity contribution is 9.10. The number of carbonyl (C=O) groups excluding carboxylic acids is 3. The van der Waals surface area contributed by atoms with Gasteiger partial charge in [0, 0.05) is 29.5 Å². The molecule has 1 heterocycles. The van der Waals surface area contributed by atoms with Crippen molar-refractivity contribution in [2.45, 2.75) is 26.3 Å². The molecule has 1 aliphatic heterocycles. The van der Waals surface area contributed by atoms with Gasteiger partial charge in [0.1, 0.15) is 5.41 Å². The quantitative estimate of drug-likeness (QED) is 0.356. The molecule has 6 heteroatoms. The molecule has 1 saturated heterocycles. The van der Waals surface area contributed by atoms with Gasteiger partial charge in [-0.15, -0.1) is 0 Å². The summed E-state index contributed by atoms with van der Waals surface area (Å²) < 4.78 is 6.09. The molecule has 29 heavy (non-hydrogen) atoms. The molecule has 152 valence electrons. The zero-order chi connectivity index (χ0) is 20.9. The maximum absolute atomic E-state index is 13.2. The molecular weight excluding hydrogens is 434 g/mol. The fourth-order valence-electron chi connectivity index (χ4n) is 3.65. The van der Waals surface area contributed by atoms with Crippen molar-refractivity contribution in [1.29, 1.82) is 0 Å². The average molecular weight is 458 g/mol. The number of hydrogen-bond donors (Lipinski definition) is 0. The predicted octanol–water partition coefficient (Wildman–Crippen LogP) is 4.05. The van der Waals surface area contributed by atoms with E-state index in [9.17, 15) is 14.4 Å². The van der Waals surface area contributed by atoms with Crippen LogP contribution >= 0.6 is 15.9 Å². The van der Waals surface area contributed by atoms with Gasteiger partial charge in [-0.3, -0.25) is 19.3 Å². The standard InChI is InChI=1S/C23H24BrNO4/c1-2-29-22(28)23(14-20(26)18-8-10-19(24)11-9-18)12-13-25(16-21(23)27)15-17-6-4-3-5-7-17/h3-11H,2,12-16H2,1H3. The third kappa shape index (κ3) is 5.00. The number of benzene rings is 2. The number of hydrogen-bond acceptors (Lipinski definition) is 5. The van der Waals surface area contributed by atoms with E-state index in [0.717, 1.165) is 10.0 Å². The van der Waals surface area contributed by atoms with Crippen molar-refractivity contribution in [2.24, 2.45) is 5.41 Å². The highest BCUT2D eigenvalue weighted by atomic mass is 79.9. The number of Topliss-reactive ketones (excluding diaryl/α,β-unsaturated/α-hetero) is 2. The third-order valence-electron chi connectivity index (χ3n) is 5.30. The Balaban J connectivity index is 1.78. The first-order valence-corrected chi connectivity index (χ1v) is 10.5. The van der Waals surface area contributed by atoms with Crippen molar-refractivity contribution in [3.05, 3.63) is 70.2 Å². The second-order valence-electron chi connectivity index (χ2n) is 7.28. The summed E-state index contributed by atoms with van der Waals surface area (Å²) in [6.45, 7) is 3.19. The van der Waals surface area contributed by atoms with Crippen LogP contribution in [0.4, 0.5) is 0 Å². The van der Waals surface area contributed by atoms with Crippen molar-refractivity contribution in [3.8, 4) is 0 Å². The number of piperidine rings is 1. The van der Waals surface area contributed by atoms with Crippen LogP contribution in [-0.2, 0) is 20.9 Å². The fraction of sp³-hybridized carbons (Fsp3) is 0.348. The summed E-state index contributed by atoms with van der Waals surface area (Å²) in [5, 5.41) is 0. The van der Waals surface area contributed by atoms with Crippen LogP contribution in [0.5, 0.6) is 0 Å². The number of ketones is 2. The van der Waals surface area contributed by atoms with E-state index < -0.39 is 11.4 Å². The van der Waals surface area contributed by atoms with E-state index >= 15 is 0 Å². The summed E-state index contributed by atoms with van der Waals surface area (Å²) >= 11 is 3.35. The molecule has 0 aromatic heterocycles. The minimum atomic E-state index is -1.41. The molecule has 3 rings (SSSR count). The van der Waals surface area contributed by atoms with E-state index in [1.54, 1.807) is 31.2 Å². The molecule has 1 atom stereocenters. The summed E-state index contributed by atoms with van der Waals surface area (Å²) in [7, 11) is 0. The average Bonchev–Trinajstić information content (AvgIpc) is 2.71. The predicted molar refractivity (Wildman–Crippen MR) is 113 cm³/mol. The van der Waals surface area contributed by atoms with E-state index in [-0.39, 0.29) is 37.6 Å². The number of carbonyl (C=O) groups is 3. The lowest BCUT2D eigenvalue weighted by Crippen LogP contribution is -2.53. The molecule has 0 N–H and O–H groups in total. The van der Waals surface area contributed by atoms with Gasteiger partial charge in [-0.1, -0.05) is 58.4 Å². The van der Waals surface area contributed by atoms with E-state index in [0.29, 0.717) is 18.7 Å². The van der Waals surface area contributed by atoms with Gasteiger partial charge in [0.05, 0.1) is 13.2 Å². The molecule has 0 radical (unpaired) electrons. The zero-order valence-corrected chi connectivity index (χ0v) is 18.0. The van der Waals surface area contributed by atoms with Gasteiger partial charge in [0.25, 0.3) is 0 Å². The summed E-state index contributed by atoms with van der Waals surface area (Å²) in [5.41, 5.74) is 0.180. The molecule has 2 aromatic rings. The maximum atomic E-state index is 13.2. The van der Waals surface area contributed by atoms with Gasteiger partial charge in [-0.05, 0) is 31.0 Å². The van der Waals surface area contributed by atoms with E-state index in [4.69, 9.17) is 4.74 Å². The van der Waals surface area contributed by atoms with Crippen LogP contribution in [0.25, 0.3) is 0 Å². The molecular formula is C23H24BrNO4. The van der Waals surface area contributed by atoms with Crippen LogP contribution in [0.15, 0.2) is 59.1 Å². The maximum Gasteiger partial charge on any atom is 0.320 e. The van der Waals surface area contributed by atoms with Crippen LogP contribution in [0.2, 0.25) is 0 Å². The molecule has 5 nitrogen and oxygen atoms in total. The van der Waals surface area contributed by atoms with Gasteiger partial charge in [0.2, 0.25) is 0 Å². The van der Waals surface area contributed by atoms with Gasteiger partial charge < -0.3 is 4.74 Å². The Kier molecular flexibility index (Phi) is 6.98. The molecule has 0 amide bonds. The Bertz CT molecular complexity index is 882. The minimum absolute atomic E-state index is 0.126. The Labute approximate surface area is 179 Å². The van der Waals surface area contributed by atoms with Crippen molar-refractivity contribution >= 4 is 33.5 Å². The third-order valence-corrected chi connectivity index (χ3v) is 5.83. The molecule has 2 aromatic carbocycles. The summed E-state index contributed by atoms with van der Waals surface area (Å²) in [6.07, 6.45) is 0.116. The smallest absolute Gasteiger partial charge is 0.320 e. The van der Waals surface area contributed by atoms with Gasteiger partial charge in [-0.25, -0.2) is 0 Å². The zero-order valence-electron chi connectivity index (χ0n) is 16.4. The van der Waals surface area contributed by atoms with Crippen molar-refractivity contribution in [1.82, 2.24) is 4.90 Å². The van der Waals surface area contributed by atoms with E-state index in [2.05, 4.69) is 15.9 Å².